The Morgan fingerprint density at radius 3 is 2.71 bits per heavy atom. The van der Waals surface area contributed by atoms with E-state index in [0.29, 0.717) is 19.6 Å². The normalized spacial score (nSPS) is 18.3. The number of ether oxygens (including phenoxy) is 1. The average Bonchev–Trinajstić information content (AvgIpc) is 2.70. The molecule has 0 unspecified atom stereocenters. The maximum absolute atomic E-state index is 13.2. The summed E-state index contributed by atoms with van der Waals surface area (Å²) in [6.07, 6.45) is 1.66. The minimum Gasteiger partial charge on any atom is -0.371 e. The number of hydrogen-bond acceptors (Lipinski definition) is 4. The zero-order valence-corrected chi connectivity index (χ0v) is 17.1. The maximum Gasteiger partial charge on any atom is 0.240 e. The predicted molar refractivity (Wildman–Crippen MR) is 107 cm³/mol. The Balaban J connectivity index is 1.41. The molecule has 1 aliphatic rings. The van der Waals surface area contributed by atoms with Crippen molar-refractivity contribution in [1.29, 1.82) is 0 Å². The second-order valence-electron chi connectivity index (χ2n) is 6.75. The van der Waals surface area contributed by atoms with Crippen molar-refractivity contribution in [3.8, 4) is 0 Å². The van der Waals surface area contributed by atoms with Crippen molar-refractivity contribution in [2.24, 2.45) is 0 Å². The molecule has 28 heavy (non-hydrogen) atoms. The topological polar surface area (TPSA) is 58.6 Å². The fourth-order valence-electron chi connectivity index (χ4n) is 3.17. The number of rotatable bonds is 8. The Hall–Kier alpha value is -1.51. The van der Waals surface area contributed by atoms with E-state index in [2.05, 4.69) is 21.8 Å². The number of benzene rings is 2. The van der Waals surface area contributed by atoms with E-state index in [1.165, 1.54) is 11.6 Å². The zero-order chi connectivity index (χ0) is 20.0. The van der Waals surface area contributed by atoms with Crippen LogP contribution in [-0.4, -0.2) is 46.1 Å². The Morgan fingerprint density at radius 2 is 1.96 bits per heavy atom. The van der Waals surface area contributed by atoms with Crippen LogP contribution in [0.5, 0.6) is 0 Å². The third-order valence-corrected chi connectivity index (χ3v) is 6.46. The number of unbranched alkanes of at least 4 members (excludes halogenated alkanes) is 1. The first-order valence-electron chi connectivity index (χ1n) is 9.29. The molecule has 0 spiro atoms. The minimum absolute atomic E-state index is 0.0298. The standard InChI is InChI=1S/C20H24ClFN2O3S/c21-18-14-17(8-9-19(18)22)28(25,26)23-10-4-5-11-24-12-13-27-20(15-24)16-6-2-1-3-7-16/h1-3,6-9,14,20,23H,4-5,10-13,15H2/t20-/m0/s1. The highest BCUT2D eigenvalue weighted by Crippen LogP contribution is 2.22. The van der Waals surface area contributed by atoms with Gasteiger partial charge < -0.3 is 4.74 Å². The number of halogens is 2. The lowest BCUT2D eigenvalue weighted by Crippen LogP contribution is -2.39. The quantitative estimate of drug-likeness (QED) is 0.655. The van der Waals surface area contributed by atoms with Crippen LogP contribution in [-0.2, 0) is 14.8 Å². The minimum atomic E-state index is -3.68. The van der Waals surface area contributed by atoms with E-state index in [1.807, 2.05) is 18.2 Å². The molecule has 1 heterocycles. The Morgan fingerprint density at radius 1 is 1.18 bits per heavy atom. The van der Waals surface area contributed by atoms with Gasteiger partial charge in [0.1, 0.15) is 5.82 Å². The molecule has 0 bridgehead atoms. The lowest BCUT2D eigenvalue weighted by molar-refractivity contribution is -0.0303. The van der Waals surface area contributed by atoms with Gasteiger partial charge in [-0.05, 0) is 43.1 Å². The molecule has 1 atom stereocenters. The van der Waals surface area contributed by atoms with Gasteiger partial charge in [-0.3, -0.25) is 4.90 Å². The van der Waals surface area contributed by atoms with Gasteiger partial charge in [-0.1, -0.05) is 41.9 Å². The van der Waals surface area contributed by atoms with Crippen LogP contribution in [0.25, 0.3) is 0 Å². The number of nitrogens with one attached hydrogen (secondary N) is 1. The monoisotopic (exact) mass is 426 g/mol. The van der Waals surface area contributed by atoms with E-state index >= 15 is 0 Å². The van der Waals surface area contributed by atoms with Gasteiger partial charge in [0.25, 0.3) is 0 Å². The first kappa shape index (κ1) is 21.2. The van der Waals surface area contributed by atoms with Gasteiger partial charge in [0.2, 0.25) is 10.0 Å². The molecule has 0 aromatic heterocycles. The molecule has 0 radical (unpaired) electrons. The second kappa shape index (κ2) is 9.80. The van der Waals surface area contributed by atoms with E-state index in [-0.39, 0.29) is 16.0 Å². The molecule has 152 valence electrons. The SMILES string of the molecule is O=S(=O)(NCCCCN1CCO[C@H](c2ccccc2)C1)c1ccc(F)c(Cl)c1. The Labute approximate surface area is 170 Å². The molecule has 0 amide bonds. The van der Waals surface area contributed by atoms with Crippen LogP contribution in [0.4, 0.5) is 4.39 Å². The molecule has 2 aromatic carbocycles. The Kier molecular flexibility index (Phi) is 7.42. The van der Waals surface area contributed by atoms with Crippen molar-refractivity contribution in [2.45, 2.75) is 23.8 Å². The van der Waals surface area contributed by atoms with Crippen molar-refractivity contribution < 1.29 is 17.5 Å². The van der Waals surface area contributed by atoms with Gasteiger partial charge in [-0.25, -0.2) is 17.5 Å². The molecule has 3 rings (SSSR count). The fraction of sp³-hybridized carbons (Fsp3) is 0.400. The average molecular weight is 427 g/mol. The summed E-state index contributed by atoms with van der Waals surface area (Å²) in [5.74, 6) is -0.639. The summed E-state index contributed by atoms with van der Waals surface area (Å²) in [4.78, 5) is 2.31. The molecular weight excluding hydrogens is 403 g/mol. The highest BCUT2D eigenvalue weighted by atomic mass is 35.5. The van der Waals surface area contributed by atoms with Gasteiger partial charge in [-0.2, -0.15) is 0 Å². The molecule has 2 aromatic rings. The largest absolute Gasteiger partial charge is 0.371 e. The molecule has 1 saturated heterocycles. The molecule has 1 aliphatic heterocycles. The van der Waals surface area contributed by atoms with E-state index in [0.717, 1.165) is 38.2 Å². The highest BCUT2D eigenvalue weighted by molar-refractivity contribution is 7.89. The fourth-order valence-corrected chi connectivity index (χ4v) is 4.51. The van der Waals surface area contributed by atoms with Crippen LogP contribution in [0.2, 0.25) is 5.02 Å². The van der Waals surface area contributed by atoms with Crippen LogP contribution in [0, 0.1) is 5.82 Å². The van der Waals surface area contributed by atoms with Crippen LogP contribution in [0.1, 0.15) is 24.5 Å². The lowest BCUT2D eigenvalue weighted by Gasteiger charge is -2.33. The van der Waals surface area contributed by atoms with E-state index in [1.54, 1.807) is 0 Å². The molecular formula is C20H24ClFN2O3S. The van der Waals surface area contributed by atoms with Crippen LogP contribution in [0.3, 0.4) is 0 Å². The third-order valence-electron chi connectivity index (χ3n) is 4.72. The third kappa shape index (κ3) is 5.75. The predicted octanol–water partition coefficient (Wildman–Crippen LogP) is 3.61. The number of sulfonamides is 1. The van der Waals surface area contributed by atoms with Gasteiger partial charge in [0.05, 0.1) is 22.6 Å². The molecule has 1 fully saturated rings. The molecule has 0 aliphatic carbocycles. The Bertz CT molecular complexity index is 880. The zero-order valence-electron chi connectivity index (χ0n) is 15.5. The highest BCUT2D eigenvalue weighted by Gasteiger charge is 2.21. The summed E-state index contributed by atoms with van der Waals surface area (Å²) in [6, 6.07) is 13.5. The van der Waals surface area contributed by atoms with Crippen molar-refractivity contribution in [3.05, 3.63) is 64.9 Å². The van der Waals surface area contributed by atoms with Crippen LogP contribution in [0.15, 0.2) is 53.4 Å². The maximum atomic E-state index is 13.2. The molecule has 0 saturated carbocycles. The molecule has 8 heteroatoms. The van der Waals surface area contributed by atoms with E-state index in [9.17, 15) is 12.8 Å². The van der Waals surface area contributed by atoms with Gasteiger partial charge >= 0.3 is 0 Å². The number of nitrogens with zero attached hydrogens (tertiary/aromatic N) is 1. The lowest BCUT2D eigenvalue weighted by atomic mass is 10.1. The summed E-state index contributed by atoms with van der Waals surface area (Å²) in [5, 5.41) is -0.205. The summed E-state index contributed by atoms with van der Waals surface area (Å²) >= 11 is 5.66. The number of morpholine rings is 1. The summed E-state index contributed by atoms with van der Waals surface area (Å²) in [5.41, 5.74) is 1.18. The van der Waals surface area contributed by atoms with Crippen LogP contribution >= 0.6 is 11.6 Å². The number of hydrogen-bond donors (Lipinski definition) is 1. The summed E-state index contributed by atoms with van der Waals surface area (Å²) < 4.78 is 46.1. The second-order valence-corrected chi connectivity index (χ2v) is 8.93. The smallest absolute Gasteiger partial charge is 0.240 e. The first-order chi connectivity index (χ1) is 13.5. The van der Waals surface area contributed by atoms with Crippen LogP contribution < -0.4 is 4.72 Å². The van der Waals surface area contributed by atoms with Crippen molar-refractivity contribution >= 4 is 21.6 Å². The first-order valence-corrected chi connectivity index (χ1v) is 11.2. The van der Waals surface area contributed by atoms with Crippen molar-refractivity contribution in [1.82, 2.24) is 9.62 Å². The van der Waals surface area contributed by atoms with Crippen molar-refractivity contribution in [2.75, 3.05) is 32.8 Å². The van der Waals surface area contributed by atoms with Gasteiger partial charge in [0.15, 0.2) is 0 Å². The van der Waals surface area contributed by atoms with Crippen molar-refractivity contribution in [3.63, 3.8) is 0 Å². The molecule has 1 N–H and O–H groups in total. The summed E-state index contributed by atoms with van der Waals surface area (Å²) in [7, 11) is -3.68. The van der Waals surface area contributed by atoms with E-state index in [4.69, 9.17) is 16.3 Å². The van der Waals surface area contributed by atoms with E-state index < -0.39 is 15.8 Å². The van der Waals surface area contributed by atoms with Gasteiger partial charge in [0, 0.05) is 19.6 Å². The van der Waals surface area contributed by atoms with Gasteiger partial charge in [-0.15, -0.1) is 0 Å². The molecule has 5 nitrogen and oxygen atoms in total. The summed E-state index contributed by atoms with van der Waals surface area (Å²) in [6.45, 7) is 3.62.